The number of hydrogen-bond donors (Lipinski definition) is 2. The molecule has 0 fully saturated rings. The number of rotatable bonds is 5. The number of nitrogens with zero attached hydrogens (tertiary/aromatic N) is 1. The fourth-order valence-corrected chi connectivity index (χ4v) is 0.942. The predicted octanol–water partition coefficient (Wildman–Crippen LogP) is 0.607. The second-order valence-electron chi connectivity index (χ2n) is 3.11. The zero-order valence-electron chi connectivity index (χ0n) is 8.41. The topological polar surface area (TPSA) is 67.0 Å². The third-order valence-electron chi connectivity index (χ3n) is 1.55. The summed E-state index contributed by atoms with van der Waals surface area (Å²) in [6.45, 7) is 5.08. The molecule has 0 aromatic carbocycles. The average molecular weight is 197 g/mol. The summed E-state index contributed by atoms with van der Waals surface area (Å²) in [6.07, 6.45) is 3.24. The Morgan fingerprint density at radius 3 is 3.07 bits per heavy atom. The second-order valence-corrected chi connectivity index (χ2v) is 3.11. The van der Waals surface area contributed by atoms with E-state index in [2.05, 4.69) is 15.3 Å². The third kappa shape index (κ3) is 3.57. The Kier molecular flexibility index (Phi) is 4.12. The van der Waals surface area contributed by atoms with Crippen molar-refractivity contribution in [3.05, 3.63) is 22.7 Å². The van der Waals surface area contributed by atoms with Crippen LogP contribution < -0.4 is 10.9 Å². The van der Waals surface area contributed by atoms with Gasteiger partial charge in [-0.05, 0) is 13.8 Å². The van der Waals surface area contributed by atoms with Crippen LogP contribution in [0.5, 0.6) is 0 Å². The number of H-pyrrole nitrogens is 1. The van der Waals surface area contributed by atoms with Gasteiger partial charge in [0.25, 0.3) is 5.56 Å². The van der Waals surface area contributed by atoms with E-state index >= 15 is 0 Å². The molecule has 1 rings (SSSR count). The smallest absolute Gasteiger partial charge is 0.290 e. The predicted molar refractivity (Wildman–Crippen MR) is 54.4 cm³/mol. The van der Waals surface area contributed by atoms with Gasteiger partial charge in [0.2, 0.25) is 0 Å². The van der Waals surface area contributed by atoms with Crippen molar-refractivity contribution in [2.45, 2.75) is 20.0 Å². The summed E-state index contributed by atoms with van der Waals surface area (Å²) in [6, 6.07) is 0. The van der Waals surface area contributed by atoms with Crippen LogP contribution in [-0.2, 0) is 4.74 Å². The number of aromatic nitrogens is 2. The maximum atomic E-state index is 11.1. The minimum absolute atomic E-state index is 0.207. The van der Waals surface area contributed by atoms with Crippen LogP contribution in [-0.4, -0.2) is 29.2 Å². The Bertz CT molecular complexity index is 322. The van der Waals surface area contributed by atoms with Gasteiger partial charge in [0.1, 0.15) is 0 Å². The Morgan fingerprint density at radius 2 is 2.43 bits per heavy atom. The van der Waals surface area contributed by atoms with Crippen LogP contribution in [0.3, 0.4) is 0 Å². The number of anilines is 1. The molecule has 1 aromatic heterocycles. The molecule has 0 amide bonds. The summed E-state index contributed by atoms with van der Waals surface area (Å²) >= 11 is 0. The van der Waals surface area contributed by atoms with Crippen molar-refractivity contribution in [1.29, 1.82) is 0 Å². The third-order valence-corrected chi connectivity index (χ3v) is 1.55. The first kappa shape index (κ1) is 10.7. The highest BCUT2D eigenvalue weighted by molar-refractivity contribution is 5.29. The lowest BCUT2D eigenvalue weighted by Gasteiger charge is -2.07. The van der Waals surface area contributed by atoms with Crippen molar-refractivity contribution >= 4 is 5.82 Å². The summed E-state index contributed by atoms with van der Waals surface area (Å²) in [5, 5.41) is 2.89. The lowest BCUT2D eigenvalue weighted by molar-refractivity contribution is 0.0870. The molecule has 1 heterocycles. The molecule has 0 bridgehead atoms. The largest absolute Gasteiger partial charge is 0.377 e. The van der Waals surface area contributed by atoms with Crippen molar-refractivity contribution in [2.75, 3.05) is 18.5 Å². The molecule has 14 heavy (non-hydrogen) atoms. The van der Waals surface area contributed by atoms with E-state index in [-0.39, 0.29) is 11.7 Å². The number of aromatic amines is 1. The van der Waals surface area contributed by atoms with Crippen molar-refractivity contribution in [2.24, 2.45) is 0 Å². The fourth-order valence-electron chi connectivity index (χ4n) is 0.942. The maximum Gasteiger partial charge on any atom is 0.290 e. The highest BCUT2D eigenvalue weighted by Gasteiger charge is 1.98. The van der Waals surface area contributed by atoms with Crippen molar-refractivity contribution in [1.82, 2.24) is 9.97 Å². The normalized spacial score (nSPS) is 10.5. The van der Waals surface area contributed by atoms with Gasteiger partial charge in [-0.3, -0.25) is 4.79 Å². The van der Waals surface area contributed by atoms with Crippen LogP contribution in [0, 0.1) is 0 Å². The molecule has 0 saturated heterocycles. The molecule has 0 spiro atoms. The van der Waals surface area contributed by atoms with E-state index in [1.165, 1.54) is 12.4 Å². The Labute approximate surface area is 82.5 Å². The average Bonchev–Trinajstić information content (AvgIpc) is 2.15. The minimum Gasteiger partial charge on any atom is -0.377 e. The van der Waals surface area contributed by atoms with Crippen molar-refractivity contribution in [3.8, 4) is 0 Å². The van der Waals surface area contributed by atoms with Gasteiger partial charge in [-0.2, -0.15) is 0 Å². The summed E-state index contributed by atoms with van der Waals surface area (Å²) in [4.78, 5) is 17.5. The molecule has 5 nitrogen and oxygen atoms in total. The van der Waals surface area contributed by atoms with E-state index < -0.39 is 0 Å². The van der Waals surface area contributed by atoms with E-state index in [0.717, 1.165) is 0 Å². The van der Waals surface area contributed by atoms with Crippen LogP contribution in [0.25, 0.3) is 0 Å². The van der Waals surface area contributed by atoms with Gasteiger partial charge in [-0.25, -0.2) is 4.98 Å². The van der Waals surface area contributed by atoms with Gasteiger partial charge in [0.15, 0.2) is 5.82 Å². The summed E-state index contributed by atoms with van der Waals surface area (Å²) in [7, 11) is 0. The molecule has 5 heteroatoms. The number of nitrogens with one attached hydrogen (secondary N) is 2. The van der Waals surface area contributed by atoms with Gasteiger partial charge >= 0.3 is 0 Å². The van der Waals surface area contributed by atoms with E-state index in [9.17, 15) is 4.79 Å². The molecule has 78 valence electrons. The molecule has 0 radical (unpaired) electrons. The molecule has 0 unspecified atom stereocenters. The van der Waals surface area contributed by atoms with Gasteiger partial charge < -0.3 is 15.0 Å². The van der Waals surface area contributed by atoms with Crippen LogP contribution in [0.1, 0.15) is 13.8 Å². The van der Waals surface area contributed by atoms with Gasteiger partial charge in [-0.1, -0.05) is 0 Å². The van der Waals surface area contributed by atoms with Crippen LogP contribution >= 0.6 is 0 Å². The van der Waals surface area contributed by atoms with E-state index in [1.807, 2.05) is 13.8 Å². The molecular weight excluding hydrogens is 182 g/mol. The van der Waals surface area contributed by atoms with Gasteiger partial charge in [0, 0.05) is 18.9 Å². The molecule has 1 aromatic rings. The fraction of sp³-hybridized carbons (Fsp3) is 0.556. The summed E-state index contributed by atoms with van der Waals surface area (Å²) in [5.74, 6) is 0.333. The van der Waals surface area contributed by atoms with E-state index in [0.29, 0.717) is 19.0 Å². The van der Waals surface area contributed by atoms with Crippen molar-refractivity contribution < 1.29 is 4.74 Å². The van der Waals surface area contributed by atoms with Crippen molar-refractivity contribution in [3.63, 3.8) is 0 Å². The van der Waals surface area contributed by atoms with Crippen LogP contribution in [0.2, 0.25) is 0 Å². The molecular formula is C9H15N3O2. The minimum atomic E-state index is -0.211. The molecule has 0 aliphatic heterocycles. The zero-order valence-corrected chi connectivity index (χ0v) is 8.41. The zero-order chi connectivity index (χ0) is 10.4. The highest BCUT2D eigenvalue weighted by atomic mass is 16.5. The number of ether oxygens (including phenoxy) is 1. The van der Waals surface area contributed by atoms with Gasteiger partial charge in [0.05, 0.1) is 12.7 Å². The molecule has 0 saturated carbocycles. The monoisotopic (exact) mass is 197 g/mol. The van der Waals surface area contributed by atoms with Crippen LogP contribution in [0.4, 0.5) is 5.82 Å². The SMILES string of the molecule is CC(C)OCCNc1ncc[nH]c1=O. The summed E-state index contributed by atoms with van der Waals surface area (Å²) in [5.41, 5.74) is -0.211. The number of hydrogen-bond acceptors (Lipinski definition) is 4. The first-order valence-electron chi connectivity index (χ1n) is 4.59. The first-order chi connectivity index (χ1) is 6.70. The standard InChI is InChI=1S/C9H15N3O2/c1-7(2)14-6-5-11-8-9(13)12-4-3-10-8/h3-4,7H,5-6H2,1-2H3,(H,10,11)(H,12,13). The van der Waals surface area contributed by atoms with E-state index in [1.54, 1.807) is 0 Å². The molecule has 0 aliphatic rings. The first-order valence-corrected chi connectivity index (χ1v) is 4.59. The van der Waals surface area contributed by atoms with Gasteiger partial charge in [-0.15, -0.1) is 0 Å². The van der Waals surface area contributed by atoms with Crippen LogP contribution in [0.15, 0.2) is 17.2 Å². The maximum absolute atomic E-state index is 11.1. The van der Waals surface area contributed by atoms with E-state index in [4.69, 9.17) is 4.74 Å². The lowest BCUT2D eigenvalue weighted by Crippen LogP contribution is -2.19. The molecule has 2 N–H and O–H groups in total. The quantitative estimate of drug-likeness (QED) is 0.678. The highest BCUT2D eigenvalue weighted by Crippen LogP contribution is 1.90. The molecule has 0 atom stereocenters. The Morgan fingerprint density at radius 1 is 1.64 bits per heavy atom. The molecule has 0 aliphatic carbocycles. The Hall–Kier alpha value is -1.36. The lowest BCUT2D eigenvalue weighted by atomic mass is 10.5. The second kappa shape index (κ2) is 5.39. The Balaban J connectivity index is 2.32. The summed E-state index contributed by atoms with van der Waals surface area (Å²) < 4.78 is 5.30.